The van der Waals surface area contributed by atoms with Crippen molar-refractivity contribution in [2.24, 2.45) is 0 Å². The van der Waals surface area contributed by atoms with Crippen molar-refractivity contribution >= 4 is 40.2 Å². The quantitative estimate of drug-likeness (QED) is 0.548. The molecule has 2 saturated heterocycles. The van der Waals surface area contributed by atoms with Crippen molar-refractivity contribution in [1.82, 2.24) is 24.5 Å². The van der Waals surface area contributed by atoms with Crippen LogP contribution in [0.2, 0.25) is 5.02 Å². The molecule has 182 valence electrons. The zero-order chi connectivity index (χ0) is 24.0. The number of aromatic nitrogens is 5. The largest absolute Gasteiger partial charge is 0.399 e. The third kappa shape index (κ3) is 4.32. The summed E-state index contributed by atoms with van der Waals surface area (Å²) in [6, 6.07) is 3.01. The first-order valence-corrected chi connectivity index (χ1v) is 11.3. The molecule has 2 aliphatic heterocycles. The van der Waals surface area contributed by atoms with E-state index in [0.29, 0.717) is 69.1 Å². The third-order valence-corrected chi connectivity index (χ3v) is 6.05. The lowest BCUT2D eigenvalue weighted by Gasteiger charge is -2.38. The molecular weight excluding hydrogens is 470 g/mol. The smallest absolute Gasteiger partial charge is 0.296 e. The van der Waals surface area contributed by atoms with Gasteiger partial charge >= 0.3 is 0 Å². The Morgan fingerprint density at radius 2 is 1.62 bits per heavy atom. The highest BCUT2D eigenvalue weighted by Gasteiger charge is 2.31. The standard InChI is InChI=1S/C21H25ClF2N8O2/c1-21(2)11-31(5-8-34-21)19-27-18(30-3-6-33-7-4-30)28-20(29-19)32-14-10-12(25)9-13(22)15(14)26-17(32)16(23)24/h9-10,16H,3-8,11,25H2,1-2H3. The minimum atomic E-state index is -2.89. The summed E-state index contributed by atoms with van der Waals surface area (Å²) in [6.07, 6.45) is -2.89. The van der Waals surface area contributed by atoms with Gasteiger partial charge in [-0.3, -0.25) is 4.57 Å². The first kappa shape index (κ1) is 22.9. The summed E-state index contributed by atoms with van der Waals surface area (Å²) in [6.45, 7) is 7.71. The molecule has 5 rings (SSSR count). The molecular formula is C21H25ClF2N8O2. The maximum atomic E-state index is 14.1. The highest BCUT2D eigenvalue weighted by atomic mass is 35.5. The molecule has 0 saturated carbocycles. The van der Waals surface area contributed by atoms with Crippen LogP contribution in [0.25, 0.3) is 17.0 Å². The van der Waals surface area contributed by atoms with Gasteiger partial charge < -0.3 is 25.0 Å². The van der Waals surface area contributed by atoms with Crippen LogP contribution in [-0.4, -0.2) is 76.1 Å². The predicted molar refractivity (Wildman–Crippen MR) is 124 cm³/mol. The first-order valence-electron chi connectivity index (χ1n) is 11.0. The summed E-state index contributed by atoms with van der Waals surface area (Å²) in [7, 11) is 0. The number of benzene rings is 1. The van der Waals surface area contributed by atoms with Gasteiger partial charge in [-0.25, -0.2) is 13.8 Å². The van der Waals surface area contributed by atoms with E-state index in [1.807, 2.05) is 23.6 Å². The van der Waals surface area contributed by atoms with Crippen molar-refractivity contribution in [2.45, 2.75) is 25.9 Å². The molecule has 2 aromatic heterocycles. The molecule has 0 radical (unpaired) electrons. The lowest BCUT2D eigenvalue weighted by atomic mass is 10.1. The van der Waals surface area contributed by atoms with Crippen LogP contribution in [0.15, 0.2) is 12.1 Å². The zero-order valence-electron chi connectivity index (χ0n) is 18.8. The third-order valence-electron chi connectivity index (χ3n) is 5.76. The topological polar surface area (TPSA) is 107 Å². The van der Waals surface area contributed by atoms with Crippen LogP contribution in [0.1, 0.15) is 26.1 Å². The number of nitrogens with two attached hydrogens (primary N) is 1. The SMILES string of the molecule is CC1(C)CN(c2nc(N3CCOCC3)nc(-n3c(C(F)F)nc4c(Cl)cc(N)cc43)n2)CCO1. The van der Waals surface area contributed by atoms with Gasteiger partial charge in [-0.05, 0) is 26.0 Å². The summed E-state index contributed by atoms with van der Waals surface area (Å²) in [5, 5.41) is 0.174. The molecule has 2 N–H and O–H groups in total. The van der Waals surface area contributed by atoms with Gasteiger partial charge in [0.1, 0.15) is 5.52 Å². The minimum absolute atomic E-state index is 0.0234. The second kappa shape index (κ2) is 8.75. The Kier molecular flexibility index (Phi) is 5.90. The summed E-state index contributed by atoms with van der Waals surface area (Å²) < 4.78 is 40.7. The highest BCUT2D eigenvalue weighted by Crippen LogP contribution is 2.33. The van der Waals surface area contributed by atoms with Gasteiger partial charge in [0, 0.05) is 31.9 Å². The molecule has 13 heteroatoms. The Bertz CT molecular complexity index is 1220. The van der Waals surface area contributed by atoms with Gasteiger partial charge in [0.15, 0.2) is 5.82 Å². The maximum Gasteiger partial charge on any atom is 0.296 e. The van der Waals surface area contributed by atoms with Crippen molar-refractivity contribution < 1.29 is 18.3 Å². The normalized spacial score (nSPS) is 18.8. The zero-order valence-corrected chi connectivity index (χ0v) is 19.6. The fourth-order valence-corrected chi connectivity index (χ4v) is 4.47. The number of nitrogens with zero attached hydrogens (tertiary/aromatic N) is 7. The van der Waals surface area contributed by atoms with Gasteiger partial charge in [0.05, 0.1) is 36.0 Å². The molecule has 0 bridgehead atoms. The minimum Gasteiger partial charge on any atom is -0.399 e. The number of halogens is 3. The summed E-state index contributed by atoms with van der Waals surface area (Å²) in [5.74, 6) is 0.259. The number of fused-ring (bicyclic) bond motifs is 1. The Labute approximate surface area is 199 Å². The molecule has 3 aromatic rings. The molecule has 2 aliphatic rings. The van der Waals surface area contributed by atoms with E-state index in [1.54, 1.807) is 0 Å². The Balaban J connectivity index is 1.71. The lowest BCUT2D eigenvalue weighted by Crippen LogP contribution is -2.49. The number of ether oxygens (including phenoxy) is 2. The van der Waals surface area contributed by atoms with Crippen molar-refractivity contribution in [3.63, 3.8) is 0 Å². The lowest BCUT2D eigenvalue weighted by molar-refractivity contribution is -0.0281. The van der Waals surface area contributed by atoms with E-state index in [1.165, 1.54) is 16.7 Å². The van der Waals surface area contributed by atoms with Crippen LogP contribution >= 0.6 is 11.6 Å². The van der Waals surface area contributed by atoms with E-state index in [-0.39, 0.29) is 16.5 Å². The number of hydrogen-bond donors (Lipinski definition) is 1. The molecule has 34 heavy (non-hydrogen) atoms. The van der Waals surface area contributed by atoms with Crippen molar-refractivity contribution in [3.05, 3.63) is 23.0 Å². The number of nitrogen functional groups attached to an aromatic ring is 1. The van der Waals surface area contributed by atoms with E-state index in [0.717, 1.165) is 0 Å². The van der Waals surface area contributed by atoms with Gasteiger partial charge in [-0.15, -0.1) is 0 Å². The first-order chi connectivity index (χ1) is 16.2. The van der Waals surface area contributed by atoms with Gasteiger partial charge in [-0.1, -0.05) is 11.6 Å². The van der Waals surface area contributed by atoms with Crippen LogP contribution in [0, 0.1) is 0 Å². The molecule has 0 spiro atoms. The van der Waals surface area contributed by atoms with E-state index >= 15 is 0 Å². The molecule has 10 nitrogen and oxygen atoms in total. The number of alkyl halides is 2. The molecule has 4 heterocycles. The monoisotopic (exact) mass is 494 g/mol. The van der Waals surface area contributed by atoms with Crippen molar-refractivity contribution in [1.29, 1.82) is 0 Å². The van der Waals surface area contributed by atoms with Gasteiger partial charge in [0.2, 0.25) is 17.8 Å². The molecule has 0 atom stereocenters. The van der Waals surface area contributed by atoms with Crippen LogP contribution in [0.5, 0.6) is 0 Å². The predicted octanol–water partition coefficient (Wildman–Crippen LogP) is 2.84. The van der Waals surface area contributed by atoms with E-state index in [4.69, 9.17) is 31.8 Å². The highest BCUT2D eigenvalue weighted by molar-refractivity contribution is 6.35. The van der Waals surface area contributed by atoms with Crippen LogP contribution in [-0.2, 0) is 9.47 Å². The van der Waals surface area contributed by atoms with Crippen molar-refractivity contribution in [3.8, 4) is 5.95 Å². The average molecular weight is 495 g/mol. The second-order valence-electron chi connectivity index (χ2n) is 8.84. The molecule has 0 amide bonds. The number of hydrogen-bond acceptors (Lipinski definition) is 9. The molecule has 1 aromatic carbocycles. The molecule has 0 aliphatic carbocycles. The second-order valence-corrected chi connectivity index (χ2v) is 9.25. The van der Waals surface area contributed by atoms with Crippen LogP contribution < -0.4 is 15.5 Å². The van der Waals surface area contributed by atoms with Gasteiger partial charge in [-0.2, -0.15) is 15.0 Å². The molecule has 2 fully saturated rings. The summed E-state index contributed by atoms with van der Waals surface area (Å²) in [5.41, 5.74) is 6.37. The number of rotatable bonds is 4. The van der Waals surface area contributed by atoms with Crippen LogP contribution in [0.3, 0.4) is 0 Å². The number of imidazole rings is 1. The fraction of sp³-hybridized carbons (Fsp3) is 0.524. The van der Waals surface area contributed by atoms with E-state index in [2.05, 4.69) is 15.0 Å². The van der Waals surface area contributed by atoms with Gasteiger partial charge in [0.25, 0.3) is 6.43 Å². The van der Waals surface area contributed by atoms with Crippen molar-refractivity contribution in [2.75, 3.05) is 61.5 Å². The Hall–Kier alpha value is -2.83. The number of morpholine rings is 2. The van der Waals surface area contributed by atoms with E-state index < -0.39 is 17.9 Å². The van der Waals surface area contributed by atoms with Crippen LogP contribution in [0.4, 0.5) is 26.4 Å². The fourth-order valence-electron chi connectivity index (χ4n) is 4.21. The molecule has 0 unspecified atom stereocenters. The summed E-state index contributed by atoms with van der Waals surface area (Å²) in [4.78, 5) is 21.9. The average Bonchev–Trinajstić information content (AvgIpc) is 3.19. The van der Waals surface area contributed by atoms with E-state index in [9.17, 15) is 8.78 Å². The maximum absolute atomic E-state index is 14.1. The Morgan fingerprint density at radius 1 is 0.971 bits per heavy atom. The number of anilines is 3. The Morgan fingerprint density at radius 3 is 2.29 bits per heavy atom. The summed E-state index contributed by atoms with van der Waals surface area (Å²) >= 11 is 6.28.